The molecule has 3 aromatic rings. The highest BCUT2D eigenvalue weighted by molar-refractivity contribution is 9.10. The first kappa shape index (κ1) is 26.1. The highest BCUT2D eigenvalue weighted by Crippen LogP contribution is 2.63. The fourth-order valence-corrected chi connectivity index (χ4v) is 8.57. The molecule has 0 saturated heterocycles. The number of halogens is 1. The first-order valence-electron chi connectivity index (χ1n) is 10.4. The molecule has 0 aromatic heterocycles. The van der Waals surface area contributed by atoms with Gasteiger partial charge >= 0.3 is 7.60 Å². The van der Waals surface area contributed by atoms with Crippen molar-refractivity contribution in [3.05, 3.63) is 95.0 Å². The lowest BCUT2D eigenvalue weighted by atomic mass is 10.2. The normalized spacial score (nSPS) is 12.8. The van der Waals surface area contributed by atoms with Gasteiger partial charge in [0.25, 0.3) is 6.64 Å². The molecule has 3 aromatic carbocycles. The van der Waals surface area contributed by atoms with E-state index in [1.165, 1.54) is 0 Å². The third-order valence-electron chi connectivity index (χ3n) is 4.31. The van der Waals surface area contributed by atoms with Crippen molar-refractivity contribution >= 4 is 42.0 Å². The largest absolute Gasteiger partial charge is 0.452 e. The van der Waals surface area contributed by atoms with Gasteiger partial charge in [-0.25, -0.2) is 9.65 Å². The highest BCUT2D eigenvalue weighted by atomic mass is 79.9. The number of benzene rings is 3. The lowest BCUT2D eigenvalue weighted by Crippen LogP contribution is -2.25. The van der Waals surface area contributed by atoms with E-state index < -0.39 is 20.0 Å². The van der Waals surface area contributed by atoms with Gasteiger partial charge in [0.05, 0.1) is 13.2 Å². The van der Waals surface area contributed by atoms with Gasteiger partial charge < -0.3 is 18.1 Å². The minimum absolute atomic E-state index is 0.332. The third kappa shape index (κ3) is 7.49. The number of hydrogen-bond donors (Lipinski definition) is 1. The Kier molecular flexibility index (Phi) is 9.71. The second-order valence-corrected chi connectivity index (χ2v) is 12.9. The molecule has 0 aliphatic heterocycles. The van der Waals surface area contributed by atoms with Gasteiger partial charge in [-0.3, -0.25) is 0 Å². The van der Waals surface area contributed by atoms with Crippen LogP contribution < -0.4 is 14.1 Å². The molecule has 0 saturated carbocycles. The van der Waals surface area contributed by atoms with E-state index in [9.17, 15) is 4.57 Å². The van der Waals surface area contributed by atoms with E-state index in [1.807, 2.05) is 50.2 Å². The summed E-state index contributed by atoms with van der Waals surface area (Å²) in [4.78, 5) is 0. The fourth-order valence-electron chi connectivity index (χ4n) is 2.99. The predicted octanol–water partition coefficient (Wildman–Crippen LogP) is 7.69. The molecule has 6 nitrogen and oxygen atoms in total. The Balaban J connectivity index is 2.13. The second kappa shape index (κ2) is 12.3. The Morgan fingerprint density at radius 3 is 1.82 bits per heavy atom. The van der Waals surface area contributed by atoms with Gasteiger partial charge in [0.2, 0.25) is 0 Å². The van der Waals surface area contributed by atoms with Gasteiger partial charge in [-0.2, -0.15) is 0 Å². The van der Waals surface area contributed by atoms with Gasteiger partial charge in [-0.1, -0.05) is 64.5 Å². The molecule has 0 bridgehead atoms. The molecule has 0 amide bonds. The summed E-state index contributed by atoms with van der Waals surface area (Å²) in [6, 6.07) is 25.2. The fraction of sp³-hybridized carbons (Fsp3) is 0.217. The lowest BCUT2D eigenvalue weighted by molar-refractivity contribution is 0.255. The van der Waals surface area contributed by atoms with Gasteiger partial charge in [0.1, 0.15) is 11.5 Å². The zero-order chi connectivity index (χ0) is 23.7. The zero-order valence-electron chi connectivity index (χ0n) is 18.3. The van der Waals surface area contributed by atoms with Crippen molar-refractivity contribution in [1.82, 2.24) is 5.09 Å². The van der Waals surface area contributed by atoms with E-state index >= 15 is 0 Å². The molecule has 0 fully saturated rings. The standard InChI is InChI=1S/C23H26BrNO5P2S/c1-3-27-32(33,28-4-2)25-23(19-12-11-13-20(24)18-19)31(26,29-21-14-7-5-8-15-21)30-22-16-9-6-10-17-22/h5-18,23H,3-4H2,1-2H3,(H,25,33). The van der Waals surface area contributed by atoms with Crippen LogP contribution >= 0.6 is 30.2 Å². The Morgan fingerprint density at radius 1 is 0.848 bits per heavy atom. The summed E-state index contributed by atoms with van der Waals surface area (Å²) in [6.07, 6.45) is 0. The van der Waals surface area contributed by atoms with E-state index in [2.05, 4.69) is 21.0 Å². The van der Waals surface area contributed by atoms with Crippen molar-refractivity contribution in [3.63, 3.8) is 0 Å². The summed E-state index contributed by atoms with van der Waals surface area (Å²) in [7, 11) is -3.99. The molecule has 1 atom stereocenters. The average Bonchev–Trinajstić information content (AvgIpc) is 2.79. The molecule has 1 N–H and O–H groups in total. The van der Waals surface area contributed by atoms with E-state index in [1.54, 1.807) is 48.5 Å². The van der Waals surface area contributed by atoms with Crippen molar-refractivity contribution in [2.75, 3.05) is 13.2 Å². The summed E-state index contributed by atoms with van der Waals surface area (Å²) in [6.45, 7) is 1.30. The van der Waals surface area contributed by atoms with Crippen molar-refractivity contribution in [3.8, 4) is 11.5 Å². The van der Waals surface area contributed by atoms with E-state index in [0.29, 0.717) is 30.3 Å². The van der Waals surface area contributed by atoms with Crippen molar-refractivity contribution in [2.24, 2.45) is 0 Å². The van der Waals surface area contributed by atoms with Crippen LogP contribution in [0.1, 0.15) is 25.2 Å². The maximum absolute atomic E-state index is 14.6. The van der Waals surface area contributed by atoms with Crippen LogP contribution in [0, 0.1) is 0 Å². The molecule has 0 radical (unpaired) electrons. The van der Waals surface area contributed by atoms with Gasteiger partial charge in [0.15, 0.2) is 5.78 Å². The van der Waals surface area contributed by atoms with Crippen LogP contribution in [0.3, 0.4) is 0 Å². The molecular weight excluding hydrogens is 544 g/mol. The Bertz CT molecular complexity index is 1060. The first-order valence-corrected chi connectivity index (χ1v) is 15.4. The zero-order valence-corrected chi connectivity index (χ0v) is 22.5. The summed E-state index contributed by atoms with van der Waals surface area (Å²) in [5.41, 5.74) is 0.646. The molecular formula is C23H26BrNO5P2S. The van der Waals surface area contributed by atoms with Crippen LogP contribution in [0.4, 0.5) is 0 Å². The molecule has 3 rings (SSSR count). The molecule has 33 heavy (non-hydrogen) atoms. The van der Waals surface area contributed by atoms with E-state index in [0.717, 1.165) is 4.47 Å². The van der Waals surface area contributed by atoms with E-state index in [4.69, 9.17) is 29.9 Å². The van der Waals surface area contributed by atoms with Crippen molar-refractivity contribution < 1.29 is 22.7 Å². The Hall–Kier alpha value is -1.50. The summed E-state index contributed by atoms with van der Waals surface area (Å²) in [5.74, 6) is -0.168. The number of rotatable bonds is 12. The molecule has 176 valence electrons. The SMILES string of the molecule is CCOP(=S)(NC(c1cccc(Br)c1)P(=O)(Oc1ccccc1)Oc1ccccc1)OCC. The highest BCUT2D eigenvalue weighted by Gasteiger charge is 2.44. The Labute approximate surface area is 208 Å². The monoisotopic (exact) mass is 569 g/mol. The quantitative estimate of drug-likeness (QED) is 0.224. The van der Waals surface area contributed by atoms with Crippen LogP contribution in [0.2, 0.25) is 0 Å². The Morgan fingerprint density at radius 2 is 1.36 bits per heavy atom. The number of hydrogen-bond acceptors (Lipinski definition) is 6. The average molecular weight is 570 g/mol. The topological polar surface area (TPSA) is 66.0 Å². The van der Waals surface area contributed by atoms with Crippen LogP contribution in [0.15, 0.2) is 89.4 Å². The second-order valence-electron chi connectivity index (χ2n) is 6.77. The van der Waals surface area contributed by atoms with Gasteiger partial charge in [-0.05, 0) is 67.6 Å². The third-order valence-corrected chi connectivity index (χ3v) is 9.72. The van der Waals surface area contributed by atoms with Crippen LogP contribution in [0.5, 0.6) is 11.5 Å². The van der Waals surface area contributed by atoms with Gasteiger partial charge in [0, 0.05) is 4.47 Å². The maximum atomic E-state index is 14.6. The molecule has 0 spiro atoms. The predicted molar refractivity (Wildman–Crippen MR) is 139 cm³/mol. The minimum Gasteiger partial charge on any atom is -0.415 e. The molecule has 0 aliphatic carbocycles. The maximum Gasteiger partial charge on any atom is 0.452 e. The van der Waals surface area contributed by atoms with Crippen LogP contribution in [-0.4, -0.2) is 13.2 Å². The van der Waals surface area contributed by atoms with Crippen LogP contribution in [-0.2, 0) is 25.4 Å². The molecule has 0 heterocycles. The summed E-state index contributed by atoms with van der Waals surface area (Å²) < 4.78 is 39.1. The molecule has 10 heteroatoms. The van der Waals surface area contributed by atoms with Crippen LogP contribution in [0.25, 0.3) is 0 Å². The van der Waals surface area contributed by atoms with E-state index in [-0.39, 0.29) is 0 Å². The smallest absolute Gasteiger partial charge is 0.415 e. The number of para-hydroxylation sites is 2. The van der Waals surface area contributed by atoms with Crippen molar-refractivity contribution in [1.29, 1.82) is 0 Å². The summed E-state index contributed by atoms with van der Waals surface area (Å²) >= 11 is 9.21. The van der Waals surface area contributed by atoms with Crippen molar-refractivity contribution in [2.45, 2.75) is 19.6 Å². The molecule has 0 aliphatic rings. The lowest BCUT2D eigenvalue weighted by Gasteiger charge is -2.32. The minimum atomic E-state index is -3.99. The first-order chi connectivity index (χ1) is 15.9. The molecule has 1 unspecified atom stereocenters. The van der Waals surface area contributed by atoms with Gasteiger partial charge in [-0.15, -0.1) is 0 Å². The summed E-state index contributed by atoms with van der Waals surface area (Å²) in [5, 5.41) is 3.20. The number of nitrogens with one attached hydrogen (secondary N) is 1.